The number of nitrogens with zero attached hydrogens (tertiary/aromatic N) is 2. The lowest BCUT2D eigenvalue weighted by atomic mass is 10.0. The van der Waals surface area contributed by atoms with Crippen molar-refractivity contribution >= 4 is 18.3 Å². The number of likely N-dealkylation sites (tertiary alicyclic amines) is 2. The van der Waals surface area contributed by atoms with Gasteiger partial charge in [0.1, 0.15) is 0 Å². The highest BCUT2D eigenvalue weighted by atomic mass is 35.5. The molecule has 1 amide bonds. The molecule has 6 nitrogen and oxygen atoms in total. The van der Waals surface area contributed by atoms with Crippen LogP contribution in [0.25, 0.3) is 0 Å². The number of likely N-dealkylation sites (N-methyl/N-ethyl adjacent to an activating group) is 1. The summed E-state index contributed by atoms with van der Waals surface area (Å²) in [6, 6.07) is 6.61. The number of nitrogens with one attached hydrogen (secondary N) is 1. The summed E-state index contributed by atoms with van der Waals surface area (Å²) in [6.45, 7) is 3.32. The van der Waals surface area contributed by atoms with Crippen LogP contribution in [0.4, 0.5) is 0 Å². The number of rotatable bonds is 6. The van der Waals surface area contributed by atoms with Gasteiger partial charge in [-0.25, -0.2) is 0 Å². The van der Waals surface area contributed by atoms with Crippen LogP contribution in [-0.4, -0.2) is 69.2 Å². The first-order chi connectivity index (χ1) is 12.7. The number of amides is 1. The Morgan fingerprint density at radius 2 is 1.89 bits per heavy atom. The molecule has 2 atom stereocenters. The number of hydrogen-bond acceptors (Lipinski definition) is 5. The lowest BCUT2D eigenvalue weighted by molar-refractivity contribution is -0.133. The van der Waals surface area contributed by atoms with Gasteiger partial charge in [0.15, 0.2) is 11.5 Å². The Bertz CT molecular complexity index is 628. The molecular formula is C20H32ClN3O3. The van der Waals surface area contributed by atoms with Crippen molar-refractivity contribution in [3.8, 4) is 11.5 Å². The minimum absolute atomic E-state index is 0. The summed E-state index contributed by atoms with van der Waals surface area (Å²) in [5.41, 5.74) is 1.13. The van der Waals surface area contributed by atoms with Crippen LogP contribution in [-0.2, 0) is 4.79 Å². The summed E-state index contributed by atoms with van der Waals surface area (Å²) in [6.07, 6.45) is 4.39. The first-order valence-electron chi connectivity index (χ1n) is 9.57. The summed E-state index contributed by atoms with van der Waals surface area (Å²) < 4.78 is 10.8. The normalized spacial score (nSPS) is 23.0. The average molecular weight is 398 g/mol. The first-order valence-corrected chi connectivity index (χ1v) is 9.57. The number of piperidine rings is 1. The van der Waals surface area contributed by atoms with E-state index in [1.807, 2.05) is 24.1 Å². The first kappa shape index (κ1) is 21.8. The largest absolute Gasteiger partial charge is 0.493 e. The fourth-order valence-corrected chi connectivity index (χ4v) is 4.19. The lowest BCUT2D eigenvalue weighted by Crippen LogP contribution is -2.48. The van der Waals surface area contributed by atoms with Gasteiger partial charge in [-0.3, -0.25) is 9.69 Å². The predicted molar refractivity (Wildman–Crippen MR) is 109 cm³/mol. The third-order valence-electron chi connectivity index (χ3n) is 5.64. The quantitative estimate of drug-likeness (QED) is 0.799. The Morgan fingerprint density at radius 1 is 1.15 bits per heavy atom. The molecule has 0 saturated carbocycles. The zero-order valence-electron chi connectivity index (χ0n) is 16.6. The molecule has 1 aromatic carbocycles. The Hall–Kier alpha value is -1.50. The molecule has 2 fully saturated rings. The van der Waals surface area contributed by atoms with E-state index in [4.69, 9.17) is 9.47 Å². The van der Waals surface area contributed by atoms with Crippen LogP contribution in [0, 0.1) is 0 Å². The molecule has 3 rings (SSSR count). The second-order valence-corrected chi connectivity index (χ2v) is 7.22. The van der Waals surface area contributed by atoms with Gasteiger partial charge in [-0.1, -0.05) is 6.07 Å². The number of hydrogen-bond donors (Lipinski definition) is 1. The van der Waals surface area contributed by atoms with Crippen molar-refractivity contribution in [1.29, 1.82) is 0 Å². The highest BCUT2D eigenvalue weighted by molar-refractivity contribution is 5.85. The molecule has 2 unspecified atom stereocenters. The minimum atomic E-state index is 0. The monoisotopic (exact) mass is 397 g/mol. The summed E-state index contributed by atoms with van der Waals surface area (Å²) in [4.78, 5) is 17.3. The van der Waals surface area contributed by atoms with Gasteiger partial charge in [-0.15, -0.1) is 12.4 Å². The van der Waals surface area contributed by atoms with E-state index >= 15 is 0 Å². The van der Waals surface area contributed by atoms with Crippen LogP contribution in [0.15, 0.2) is 18.2 Å². The van der Waals surface area contributed by atoms with E-state index in [9.17, 15) is 4.79 Å². The van der Waals surface area contributed by atoms with E-state index in [0.717, 1.165) is 56.0 Å². The number of halogens is 1. The van der Waals surface area contributed by atoms with E-state index in [2.05, 4.69) is 16.3 Å². The highest BCUT2D eigenvalue weighted by Gasteiger charge is 2.32. The maximum Gasteiger partial charge on any atom is 0.237 e. The SMILES string of the molecule is CNC1CCCN(CC(=O)N2CCCC2c2ccc(OC)c(OC)c2)C1.Cl. The molecule has 1 aromatic rings. The van der Waals surface area contributed by atoms with Gasteiger partial charge < -0.3 is 19.7 Å². The van der Waals surface area contributed by atoms with E-state index in [0.29, 0.717) is 12.6 Å². The lowest BCUT2D eigenvalue weighted by Gasteiger charge is -2.34. The van der Waals surface area contributed by atoms with E-state index in [-0.39, 0.29) is 24.4 Å². The molecule has 2 aliphatic rings. The van der Waals surface area contributed by atoms with Crippen molar-refractivity contribution in [3.05, 3.63) is 23.8 Å². The fraction of sp³-hybridized carbons (Fsp3) is 0.650. The van der Waals surface area contributed by atoms with Gasteiger partial charge in [-0.05, 0) is 57.0 Å². The Morgan fingerprint density at radius 3 is 2.59 bits per heavy atom. The van der Waals surface area contributed by atoms with Crippen molar-refractivity contribution in [2.24, 2.45) is 0 Å². The fourth-order valence-electron chi connectivity index (χ4n) is 4.19. The maximum atomic E-state index is 13.0. The van der Waals surface area contributed by atoms with Crippen LogP contribution in [0.1, 0.15) is 37.3 Å². The Kier molecular flexibility index (Phi) is 8.20. The zero-order valence-corrected chi connectivity index (χ0v) is 17.4. The molecule has 0 bridgehead atoms. The van der Waals surface area contributed by atoms with Crippen molar-refractivity contribution in [3.63, 3.8) is 0 Å². The third kappa shape index (κ3) is 5.06. The zero-order chi connectivity index (χ0) is 18.5. The molecule has 0 radical (unpaired) electrons. The number of carbonyl (C=O) groups excluding carboxylic acids is 1. The van der Waals surface area contributed by atoms with Gasteiger partial charge in [0.05, 0.1) is 26.8 Å². The summed E-state index contributed by atoms with van der Waals surface area (Å²) >= 11 is 0. The Labute approximate surface area is 168 Å². The number of methoxy groups -OCH3 is 2. The van der Waals surface area contributed by atoms with Crippen LogP contribution in [0.2, 0.25) is 0 Å². The maximum absolute atomic E-state index is 13.0. The summed E-state index contributed by atoms with van der Waals surface area (Å²) in [7, 11) is 5.29. The van der Waals surface area contributed by atoms with E-state index < -0.39 is 0 Å². The number of carbonyl (C=O) groups is 1. The van der Waals surface area contributed by atoms with E-state index in [1.54, 1.807) is 14.2 Å². The second kappa shape index (κ2) is 10.2. The van der Waals surface area contributed by atoms with Gasteiger partial charge >= 0.3 is 0 Å². The number of ether oxygens (including phenoxy) is 2. The molecular weight excluding hydrogens is 366 g/mol. The molecule has 2 heterocycles. The molecule has 152 valence electrons. The Balaban J connectivity index is 0.00000261. The van der Waals surface area contributed by atoms with Crippen molar-refractivity contribution < 1.29 is 14.3 Å². The van der Waals surface area contributed by atoms with Gasteiger partial charge in [0, 0.05) is 19.1 Å². The van der Waals surface area contributed by atoms with Gasteiger partial charge in [-0.2, -0.15) is 0 Å². The molecule has 27 heavy (non-hydrogen) atoms. The molecule has 0 aliphatic carbocycles. The van der Waals surface area contributed by atoms with Crippen molar-refractivity contribution in [2.45, 2.75) is 37.8 Å². The van der Waals surface area contributed by atoms with E-state index in [1.165, 1.54) is 6.42 Å². The van der Waals surface area contributed by atoms with Crippen molar-refractivity contribution in [2.75, 3.05) is 47.4 Å². The van der Waals surface area contributed by atoms with Crippen LogP contribution < -0.4 is 14.8 Å². The molecule has 2 aliphatic heterocycles. The smallest absolute Gasteiger partial charge is 0.237 e. The molecule has 7 heteroatoms. The van der Waals surface area contributed by atoms with Crippen molar-refractivity contribution in [1.82, 2.24) is 15.1 Å². The molecule has 0 aromatic heterocycles. The number of benzene rings is 1. The minimum Gasteiger partial charge on any atom is -0.493 e. The average Bonchev–Trinajstić information content (AvgIpc) is 3.17. The van der Waals surface area contributed by atoms with Crippen LogP contribution in [0.5, 0.6) is 11.5 Å². The van der Waals surface area contributed by atoms with Gasteiger partial charge in [0.25, 0.3) is 0 Å². The third-order valence-corrected chi connectivity index (χ3v) is 5.64. The summed E-state index contributed by atoms with van der Waals surface area (Å²) in [5.74, 6) is 1.68. The second-order valence-electron chi connectivity index (χ2n) is 7.22. The molecule has 2 saturated heterocycles. The summed E-state index contributed by atoms with van der Waals surface area (Å²) in [5, 5.41) is 3.34. The van der Waals surface area contributed by atoms with Gasteiger partial charge in [0.2, 0.25) is 5.91 Å². The van der Waals surface area contributed by atoms with Crippen LogP contribution >= 0.6 is 12.4 Å². The standard InChI is InChI=1S/C20H31N3O3.ClH/c1-21-16-6-4-10-22(13-16)14-20(24)23-11-5-7-17(23)15-8-9-18(25-2)19(12-15)26-3;/h8-9,12,16-17,21H,4-7,10-11,13-14H2,1-3H3;1H. The molecule has 1 N–H and O–H groups in total. The highest BCUT2D eigenvalue weighted by Crippen LogP contribution is 2.37. The topological polar surface area (TPSA) is 54.0 Å². The predicted octanol–water partition coefficient (Wildman–Crippen LogP) is 2.47. The van der Waals surface area contributed by atoms with Crippen LogP contribution in [0.3, 0.4) is 0 Å². The molecule has 0 spiro atoms.